The number of rotatable bonds is 4. The molecule has 0 aromatic carbocycles. The van der Waals surface area contributed by atoms with Gasteiger partial charge in [0.15, 0.2) is 0 Å². The first-order chi connectivity index (χ1) is 6.22. The zero-order valence-electron chi connectivity index (χ0n) is 8.30. The van der Waals surface area contributed by atoms with Gasteiger partial charge in [0.05, 0.1) is 0 Å². The van der Waals surface area contributed by atoms with Crippen LogP contribution in [0, 0.1) is 0 Å². The second-order valence-electron chi connectivity index (χ2n) is 3.60. The van der Waals surface area contributed by atoms with Crippen molar-refractivity contribution in [1.82, 2.24) is 10.6 Å². The Morgan fingerprint density at radius 1 is 1.62 bits per heavy atom. The second-order valence-corrected chi connectivity index (χ2v) is 4.51. The van der Waals surface area contributed by atoms with Gasteiger partial charge in [-0.05, 0) is 32.4 Å². The average Bonchev–Trinajstić information content (AvgIpc) is 1.97. The zero-order chi connectivity index (χ0) is 9.68. The van der Waals surface area contributed by atoms with Crippen molar-refractivity contribution in [3.8, 4) is 0 Å². The van der Waals surface area contributed by atoms with Crippen LogP contribution in [0.5, 0.6) is 0 Å². The van der Waals surface area contributed by atoms with E-state index in [1.54, 1.807) is 11.8 Å². The van der Waals surface area contributed by atoms with E-state index in [1.165, 1.54) is 6.42 Å². The summed E-state index contributed by atoms with van der Waals surface area (Å²) in [5.74, 6) is 0.970. The predicted molar refractivity (Wildman–Crippen MR) is 57.2 cm³/mol. The van der Waals surface area contributed by atoms with E-state index in [1.807, 2.05) is 13.2 Å². The molecular formula is C9H18N2OS. The van der Waals surface area contributed by atoms with E-state index in [4.69, 9.17) is 0 Å². The normalized spacial score (nSPS) is 18.9. The van der Waals surface area contributed by atoms with Crippen LogP contribution in [0.1, 0.15) is 26.2 Å². The van der Waals surface area contributed by atoms with Gasteiger partial charge in [-0.3, -0.25) is 0 Å². The summed E-state index contributed by atoms with van der Waals surface area (Å²) in [4.78, 5) is 11.3. The predicted octanol–water partition coefficient (Wildman–Crippen LogP) is 1.59. The Bertz CT molecular complexity index is 171. The molecule has 1 aliphatic rings. The molecule has 0 aromatic rings. The molecule has 2 N–H and O–H groups in total. The van der Waals surface area contributed by atoms with Crippen molar-refractivity contribution in [2.75, 3.05) is 12.0 Å². The number of urea groups is 1. The van der Waals surface area contributed by atoms with Crippen LogP contribution in [0.2, 0.25) is 0 Å². The van der Waals surface area contributed by atoms with Crippen molar-refractivity contribution in [1.29, 1.82) is 0 Å². The van der Waals surface area contributed by atoms with Gasteiger partial charge in [0, 0.05) is 17.8 Å². The summed E-state index contributed by atoms with van der Waals surface area (Å²) in [5.41, 5.74) is 0. The lowest BCUT2D eigenvalue weighted by molar-refractivity contribution is 0.226. The van der Waals surface area contributed by atoms with Gasteiger partial charge in [-0.25, -0.2) is 4.79 Å². The monoisotopic (exact) mass is 202 g/mol. The summed E-state index contributed by atoms with van der Waals surface area (Å²) in [6.07, 6.45) is 5.59. The molecule has 4 heteroatoms. The first-order valence-electron chi connectivity index (χ1n) is 4.78. The Morgan fingerprint density at radius 3 is 2.77 bits per heavy atom. The minimum atomic E-state index is -0.00810. The molecule has 76 valence electrons. The number of carbonyl (C=O) groups is 1. The summed E-state index contributed by atoms with van der Waals surface area (Å²) in [7, 11) is 0. The van der Waals surface area contributed by atoms with Gasteiger partial charge >= 0.3 is 6.03 Å². The maximum absolute atomic E-state index is 11.3. The van der Waals surface area contributed by atoms with E-state index in [2.05, 4.69) is 10.6 Å². The average molecular weight is 202 g/mol. The number of hydrogen-bond acceptors (Lipinski definition) is 2. The Hall–Kier alpha value is -0.380. The van der Waals surface area contributed by atoms with Crippen molar-refractivity contribution >= 4 is 17.8 Å². The SMILES string of the molecule is CSCC(C)NC(=O)NC1CCC1. The highest BCUT2D eigenvalue weighted by Gasteiger charge is 2.19. The minimum Gasteiger partial charge on any atom is -0.335 e. The Balaban J connectivity index is 2.08. The highest BCUT2D eigenvalue weighted by atomic mass is 32.2. The van der Waals surface area contributed by atoms with Crippen LogP contribution in [0.25, 0.3) is 0 Å². The molecule has 0 aliphatic heterocycles. The first kappa shape index (κ1) is 10.7. The van der Waals surface area contributed by atoms with Crippen molar-refractivity contribution in [2.24, 2.45) is 0 Å². The van der Waals surface area contributed by atoms with Gasteiger partial charge in [0.2, 0.25) is 0 Å². The molecule has 0 saturated heterocycles. The van der Waals surface area contributed by atoms with E-state index in [0.29, 0.717) is 6.04 Å². The zero-order valence-corrected chi connectivity index (χ0v) is 9.12. The summed E-state index contributed by atoms with van der Waals surface area (Å²) in [6.45, 7) is 2.02. The standard InChI is InChI=1S/C9H18N2OS/c1-7(6-13-2)10-9(12)11-8-4-3-5-8/h7-8H,3-6H2,1-2H3,(H2,10,11,12). The summed E-state index contributed by atoms with van der Waals surface area (Å²) in [5, 5.41) is 5.86. The molecule has 1 aliphatic carbocycles. The topological polar surface area (TPSA) is 41.1 Å². The van der Waals surface area contributed by atoms with Crippen LogP contribution in [0.4, 0.5) is 4.79 Å². The summed E-state index contributed by atoms with van der Waals surface area (Å²) < 4.78 is 0. The molecule has 3 nitrogen and oxygen atoms in total. The van der Waals surface area contributed by atoms with Gasteiger partial charge in [-0.15, -0.1) is 0 Å². The van der Waals surface area contributed by atoms with Gasteiger partial charge in [0.25, 0.3) is 0 Å². The third-order valence-electron chi connectivity index (χ3n) is 2.23. The van der Waals surface area contributed by atoms with Crippen molar-refractivity contribution in [2.45, 2.75) is 38.3 Å². The van der Waals surface area contributed by atoms with Gasteiger partial charge in [-0.1, -0.05) is 0 Å². The van der Waals surface area contributed by atoms with E-state index in [9.17, 15) is 4.79 Å². The third-order valence-corrected chi connectivity index (χ3v) is 3.07. The van der Waals surface area contributed by atoms with Crippen molar-refractivity contribution in [3.05, 3.63) is 0 Å². The lowest BCUT2D eigenvalue weighted by Crippen LogP contribution is -2.48. The van der Waals surface area contributed by atoms with Crippen LogP contribution in [0.15, 0.2) is 0 Å². The van der Waals surface area contributed by atoms with E-state index in [0.717, 1.165) is 18.6 Å². The first-order valence-corrected chi connectivity index (χ1v) is 6.17. The highest BCUT2D eigenvalue weighted by Crippen LogP contribution is 2.17. The molecule has 13 heavy (non-hydrogen) atoms. The molecule has 2 amide bonds. The van der Waals surface area contributed by atoms with E-state index >= 15 is 0 Å². The molecule has 1 rings (SSSR count). The number of hydrogen-bond donors (Lipinski definition) is 2. The third kappa shape index (κ3) is 3.89. The van der Waals surface area contributed by atoms with Crippen LogP contribution >= 0.6 is 11.8 Å². The van der Waals surface area contributed by atoms with Crippen LogP contribution in [-0.4, -0.2) is 30.1 Å². The minimum absolute atomic E-state index is 0.00810. The van der Waals surface area contributed by atoms with Crippen LogP contribution in [0.3, 0.4) is 0 Å². The number of nitrogens with one attached hydrogen (secondary N) is 2. The number of carbonyl (C=O) groups excluding carboxylic acids is 1. The Kier molecular flexibility index (Phi) is 4.42. The van der Waals surface area contributed by atoms with E-state index < -0.39 is 0 Å². The lowest BCUT2D eigenvalue weighted by Gasteiger charge is -2.27. The van der Waals surface area contributed by atoms with Gasteiger partial charge in [-0.2, -0.15) is 11.8 Å². The van der Waals surface area contributed by atoms with Crippen LogP contribution in [-0.2, 0) is 0 Å². The molecule has 1 atom stereocenters. The van der Waals surface area contributed by atoms with Crippen molar-refractivity contribution in [3.63, 3.8) is 0 Å². The van der Waals surface area contributed by atoms with Crippen LogP contribution < -0.4 is 10.6 Å². The maximum atomic E-state index is 11.3. The molecule has 1 unspecified atom stereocenters. The molecule has 0 spiro atoms. The smallest absolute Gasteiger partial charge is 0.315 e. The van der Waals surface area contributed by atoms with Crippen molar-refractivity contribution < 1.29 is 4.79 Å². The molecule has 1 fully saturated rings. The second kappa shape index (κ2) is 5.37. The Morgan fingerprint density at radius 2 is 2.31 bits per heavy atom. The fraction of sp³-hybridized carbons (Fsp3) is 0.889. The largest absolute Gasteiger partial charge is 0.335 e. The molecule has 0 aromatic heterocycles. The van der Waals surface area contributed by atoms with Gasteiger partial charge < -0.3 is 10.6 Å². The summed E-state index contributed by atoms with van der Waals surface area (Å²) >= 11 is 1.75. The molecule has 1 saturated carbocycles. The highest BCUT2D eigenvalue weighted by molar-refractivity contribution is 7.98. The van der Waals surface area contributed by atoms with E-state index in [-0.39, 0.29) is 12.1 Å². The number of amides is 2. The maximum Gasteiger partial charge on any atom is 0.315 e. The molecule has 0 heterocycles. The summed E-state index contributed by atoms with van der Waals surface area (Å²) in [6, 6.07) is 0.683. The van der Waals surface area contributed by atoms with Gasteiger partial charge in [0.1, 0.15) is 0 Å². The Labute approximate surface area is 84.0 Å². The quantitative estimate of drug-likeness (QED) is 0.727. The lowest BCUT2D eigenvalue weighted by atomic mass is 9.93. The number of thioether (sulfide) groups is 1. The fourth-order valence-electron chi connectivity index (χ4n) is 1.30. The molecule has 0 radical (unpaired) electrons. The molecule has 0 bridgehead atoms. The fourth-order valence-corrected chi connectivity index (χ4v) is 1.88. The molecular weight excluding hydrogens is 184 g/mol.